The Balaban J connectivity index is 2.48. The summed E-state index contributed by atoms with van der Waals surface area (Å²) in [5.74, 6) is 0.363. The molecular formula is C13H13ClN2O2. The third-order valence-corrected chi connectivity index (χ3v) is 2.89. The van der Waals surface area contributed by atoms with Gasteiger partial charge in [-0.15, -0.1) is 0 Å². The van der Waals surface area contributed by atoms with Crippen LogP contribution in [-0.2, 0) is 6.54 Å². The van der Waals surface area contributed by atoms with Gasteiger partial charge in [-0.1, -0.05) is 11.6 Å². The maximum atomic E-state index is 12.4. The number of nitrogens with zero attached hydrogens (tertiary/aromatic N) is 2. The lowest BCUT2D eigenvalue weighted by molar-refractivity contribution is 0.102. The number of benzene rings is 1. The predicted octanol–water partition coefficient (Wildman–Crippen LogP) is 2.80. The van der Waals surface area contributed by atoms with E-state index in [1.165, 1.54) is 7.11 Å². The fraction of sp³-hybridized carbons (Fsp3) is 0.231. The van der Waals surface area contributed by atoms with Gasteiger partial charge in [-0.25, -0.2) is 0 Å². The van der Waals surface area contributed by atoms with Crippen molar-refractivity contribution in [1.82, 2.24) is 9.78 Å². The summed E-state index contributed by atoms with van der Waals surface area (Å²) in [7, 11) is 1.52. The number of carbonyl (C=O) groups excluding carboxylic acids is 1. The van der Waals surface area contributed by atoms with Crippen LogP contribution in [0.25, 0.3) is 0 Å². The SMILES string of the molecule is CCn1nccc1C(=O)c1cc(Cl)ccc1OC. The summed E-state index contributed by atoms with van der Waals surface area (Å²) in [4.78, 5) is 12.4. The Hall–Kier alpha value is -1.81. The monoisotopic (exact) mass is 264 g/mol. The molecule has 1 aromatic carbocycles. The first-order chi connectivity index (χ1) is 8.67. The zero-order valence-corrected chi connectivity index (χ0v) is 10.9. The van der Waals surface area contributed by atoms with Gasteiger partial charge in [-0.05, 0) is 31.2 Å². The van der Waals surface area contributed by atoms with E-state index in [9.17, 15) is 4.79 Å². The van der Waals surface area contributed by atoms with Gasteiger partial charge in [0.15, 0.2) is 0 Å². The molecule has 0 N–H and O–H groups in total. The quantitative estimate of drug-likeness (QED) is 0.798. The second kappa shape index (κ2) is 5.23. The van der Waals surface area contributed by atoms with Crippen molar-refractivity contribution in [2.75, 3.05) is 7.11 Å². The molecule has 18 heavy (non-hydrogen) atoms. The number of carbonyl (C=O) groups is 1. The second-order valence-electron chi connectivity index (χ2n) is 3.71. The standard InChI is InChI=1S/C13H13ClN2O2/c1-3-16-11(6-7-15-16)13(17)10-8-9(14)4-5-12(10)18-2/h4-8H,3H2,1-2H3. The highest BCUT2D eigenvalue weighted by atomic mass is 35.5. The van der Waals surface area contributed by atoms with Gasteiger partial charge in [0.2, 0.25) is 5.78 Å². The van der Waals surface area contributed by atoms with Gasteiger partial charge in [-0.3, -0.25) is 9.48 Å². The van der Waals surface area contributed by atoms with Crippen LogP contribution in [0.2, 0.25) is 5.02 Å². The minimum absolute atomic E-state index is 0.145. The maximum Gasteiger partial charge on any atom is 0.214 e. The van der Waals surface area contributed by atoms with Crippen LogP contribution in [0.5, 0.6) is 5.75 Å². The van der Waals surface area contributed by atoms with E-state index in [1.807, 2.05) is 6.92 Å². The number of aryl methyl sites for hydroxylation is 1. The van der Waals surface area contributed by atoms with Crippen LogP contribution < -0.4 is 4.74 Å². The summed E-state index contributed by atoms with van der Waals surface area (Å²) in [6.07, 6.45) is 1.60. The van der Waals surface area contributed by atoms with E-state index in [-0.39, 0.29) is 5.78 Å². The minimum atomic E-state index is -0.145. The molecule has 1 heterocycles. The molecule has 0 aliphatic carbocycles. The number of ether oxygens (including phenoxy) is 1. The van der Waals surface area contributed by atoms with Crippen molar-refractivity contribution in [1.29, 1.82) is 0 Å². The van der Waals surface area contributed by atoms with Gasteiger partial charge in [-0.2, -0.15) is 5.10 Å². The van der Waals surface area contributed by atoms with Crippen molar-refractivity contribution in [3.05, 3.63) is 46.7 Å². The van der Waals surface area contributed by atoms with Gasteiger partial charge in [0.1, 0.15) is 11.4 Å². The molecule has 0 aliphatic heterocycles. The first-order valence-electron chi connectivity index (χ1n) is 5.57. The van der Waals surface area contributed by atoms with Crippen LogP contribution in [0.1, 0.15) is 23.0 Å². The summed E-state index contributed by atoms with van der Waals surface area (Å²) in [6.45, 7) is 2.57. The van der Waals surface area contributed by atoms with Gasteiger partial charge in [0, 0.05) is 17.8 Å². The van der Waals surface area contributed by atoms with Crippen LogP contribution in [0, 0.1) is 0 Å². The van der Waals surface area contributed by atoms with Gasteiger partial charge >= 0.3 is 0 Å². The van der Waals surface area contributed by atoms with Crippen molar-refractivity contribution >= 4 is 17.4 Å². The van der Waals surface area contributed by atoms with Crippen LogP contribution in [0.4, 0.5) is 0 Å². The number of hydrogen-bond donors (Lipinski definition) is 0. The Morgan fingerprint density at radius 3 is 2.89 bits per heavy atom. The lowest BCUT2D eigenvalue weighted by Crippen LogP contribution is -2.11. The number of hydrogen-bond acceptors (Lipinski definition) is 3. The summed E-state index contributed by atoms with van der Waals surface area (Å²) in [6, 6.07) is 6.67. The van der Waals surface area contributed by atoms with E-state index < -0.39 is 0 Å². The number of aromatic nitrogens is 2. The lowest BCUT2D eigenvalue weighted by Gasteiger charge is -2.09. The van der Waals surface area contributed by atoms with Crippen molar-refractivity contribution in [2.45, 2.75) is 13.5 Å². The average Bonchev–Trinajstić information content (AvgIpc) is 2.86. The predicted molar refractivity (Wildman–Crippen MR) is 69.3 cm³/mol. The van der Waals surface area contributed by atoms with Crippen LogP contribution in [0.3, 0.4) is 0 Å². The van der Waals surface area contributed by atoms with E-state index in [1.54, 1.807) is 35.1 Å². The Morgan fingerprint density at radius 1 is 1.44 bits per heavy atom. The molecule has 0 amide bonds. The third kappa shape index (κ3) is 2.24. The largest absolute Gasteiger partial charge is 0.496 e. The Kier molecular flexibility index (Phi) is 3.67. The zero-order valence-electron chi connectivity index (χ0n) is 10.2. The minimum Gasteiger partial charge on any atom is -0.496 e. The zero-order chi connectivity index (χ0) is 13.1. The topological polar surface area (TPSA) is 44.1 Å². The Labute approximate surface area is 110 Å². The first kappa shape index (κ1) is 12.6. The fourth-order valence-corrected chi connectivity index (χ4v) is 1.95. The highest BCUT2D eigenvalue weighted by molar-refractivity contribution is 6.31. The van der Waals surface area contributed by atoms with Crippen molar-refractivity contribution in [3.8, 4) is 5.75 Å². The molecular weight excluding hydrogens is 252 g/mol. The number of rotatable bonds is 4. The molecule has 0 saturated carbocycles. The maximum absolute atomic E-state index is 12.4. The lowest BCUT2D eigenvalue weighted by atomic mass is 10.1. The van der Waals surface area contributed by atoms with Crippen molar-refractivity contribution < 1.29 is 9.53 Å². The molecule has 0 spiro atoms. The summed E-state index contributed by atoms with van der Waals surface area (Å²) >= 11 is 5.92. The second-order valence-corrected chi connectivity index (χ2v) is 4.14. The molecule has 0 saturated heterocycles. The van der Waals surface area contributed by atoms with E-state index in [4.69, 9.17) is 16.3 Å². The smallest absolute Gasteiger partial charge is 0.214 e. The number of ketones is 1. The molecule has 0 bridgehead atoms. The van der Waals surface area contributed by atoms with Gasteiger partial charge < -0.3 is 4.74 Å². The van der Waals surface area contributed by atoms with Crippen LogP contribution in [0.15, 0.2) is 30.5 Å². The molecule has 1 aromatic heterocycles. The fourth-order valence-electron chi connectivity index (χ4n) is 1.77. The number of halogens is 1. The molecule has 0 fully saturated rings. The van der Waals surface area contributed by atoms with Crippen LogP contribution >= 0.6 is 11.6 Å². The summed E-state index contributed by atoms with van der Waals surface area (Å²) < 4.78 is 6.83. The average molecular weight is 265 g/mol. The van der Waals surface area contributed by atoms with Gasteiger partial charge in [0.25, 0.3) is 0 Å². The highest BCUT2D eigenvalue weighted by Crippen LogP contribution is 2.25. The van der Waals surface area contributed by atoms with E-state index in [0.717, 1.165) is 0 Å². The highest BCUT2D eigenvalue weighted by Gasteiger charge is 2.18. The summed E-state index contributed by atoms with van der Waals surface area (Å²) in [5, 5.41) is 4.58. The van der Waals surface area contributed by atoms with E-state index >= 15 is 0 Å². The summed E-state index contributed by atoms with van der Waals surface area (Å²) in [5.41, 5.74) is 0.971. The Bertz CT molecular complexity index is 578. The molecule has 0 atom stereocenters. The molecule has 0 unspecified atom stereocenters. The normalized spacial score (nSPS) is 10.4. The Morgan fingerprint density at radius 2 is 2.22 bits per heavy atom. The van der Waals surface area contributed by atoms with E-state index in [0.29, 0.717) is 28.6 Å². The molecule has 2 aromatic rings. The molecule has 94 valence electrons. The molecule has 0 radical (unpaired) electrons. The van der Waals surface area contributed by atoms with Crippen molar-refractivity contribution in [2.24, 2.45) is 0 Å². The first-order valence-corrected chi connectivity index (χ1v) is 5.95. The van der Waals surface area contributed by atoms with Gasteiger partial charge in [0.05, 0.1) is 12.7 Å². The van der Waals surface area contributed by atoms with Crippen molar-refractivity contribution in [3.63, 3.8) is 0 Å². The molecule has 2 rings (SSSR count). The molecule has 5 heteroatoms. The molecule has 4 nitrogen and oxygen atoms in total. The number of methoxy groups -OCH3 is 1. The molecule has 0 aliphatic rings. The van der Waals surface area contributed by atoms with E-state index in [2.05, 4.69) is 5.10 Å². The van der Waals surface area contributed by atoms with Crippen LogP contribution in [-0.4, -0.2) is 22.7 Å². The third-order valence-electron chi connectivity index (χ3n) is 2.65.